The van der Waals surface area contributed by atoms with Crippen LogP contribution in [0.15, 0.2) is 24.3 Å². The van der Waals surface area contributed by atoms with Gasteiger partial charge in [0.25, 0.3) is 5.91 Å². The van der Waals surface area contributed by atoms with Gasteiger partial charge in [0, 0.05) is 13.1 Å². The molecule has 0 spiro atoms. The number of anilines is 1. The van der Waals surface area contributed by atoms with Crippen molar-refractivity contribution < 1.29 is 24.2 Å². The molecule has 1 aliphatic carbocycles. The lowest BCUT2D eigenvalue weighted by Gasteiger charge is -2.32. The summed E-state index contributed by atoms with van der Waals surface area (Å²) in [5, 5.41) is 11.8. The van der Waals surface area contributed by atoms with Crippen molar-refractivity contribution >= 4 is 23.5 Å². The van der Waals surface area contributed by atoms with Crippen molar-refractivity contribution in [1.82, 2.24) is 5.32 Å². The monoisotopic (exact) mass is 332 g/mol. The van der Waals surface area contributed by atoms with E-state index in [2.05, 4.69) is 5.32 Å². The van der Waals surface area contributed by atoms with Crippen molar-refractivity contribution in [1.29, 1.82) is 0 Å². The minimum Gasteiger partial charge on any atom is -0.482 e. The van der Waals surface area contributed by atoms with E-state index >= 15 is 0 Å². The van der Waals surface area contributed by atoms with Crippen LogP contribution < -0.4 is 15.0 Å². The first-order valence-corrected chi connectivity index (χ1v) is 8.10. The zero-order valence-corrected chi connectivity index (χ0v) is 13.2. The summed E-state index contributed by atoms with van der Waals surface area (Å²) in [7, 11) is 0. The van der Waals surface area contributed by atoms with Gasteiger partial charge < -0.3 is 20.1 Å². The Morgan fingerprint density at radius 1 is 1.25 bits per heavy atom. The molecule has 7 heteroatoms. The van der Waals surface area contributed by atoms with Crippen LogP contribution in [0.1, 0.15) is 19.3 Å². The predicted molar refractivity (Wildman–Crippen MR) is 85.8 cm³/mol. The Hall–Kier alpha value is -2.57. The fourth-order valence-corrected chi connectivity index (χ4v) is 3.09. The average molecular weight is 332 g/mol. The normalized spacial score (nSPS) is 22.2. The summed E-state index contributed by atoms with van der Waals surface area (Å²) < 4.78 is 5.38. The number of carbonyl (C=O) groups is 3. The molecule has 0 radical (unpaired) electrons. The zero-order valence-electron chi connectivity index (χ0n) is 13.2. The summed E-state index contributed by atoms with van der Waals surface area (Å²) in [5.74, 6) is -1.52. The number of nitrogens with zero attached hydrogens (tertiary/aromatic N) is 1. The number of nitrogens with one attached hydrogen (secondary N) is 1. The minimum absolute atomic E-state index is 0.0196. The molecule has 0 aromatic heterocycles. The third-order valence-electron chi connectivity index (χ3n) is 4.59. The van der Waals surface area contributed by atoms with Gasteiger partial charge >= 0.3 is 5.97 Å². The molecule has 1 aliphatic heterocycles. The average Bonchev–Trinajstić information content (AvgIpc) is 2.51. The molecular formula is C17H20N2O5. The van der Waals surface area contributed by atoms with Crippen LogP contribution in [0, 0.1) is 11.8 Å². The zero-order chi connectivity index (χ0) is 17.1. The lowest BCUT2D eigenvalue weighted by atomic mass is 9.73. The molecule has 2 atom stereocenters. The van der Waals surface area contributed by atoms with E-state index in [1.807, 2.05) is 24.3 Å². The Kier molecular flexibility index (Phi) is 4.69. The molecule has 2 aliphatic rings. The summed E-state index contributed by atoms with van der Waals surface area (Å²) in [6.07, 6.45) is 1.78. The highest BCUT2D eigenvalue weighted by Gasteiger charge is 2.41. The lowest BCUT2D eigenvalue weighted by molar-refractivity contribution is -0.152. The highest BCUT2D eigenvalue weighted by molar-refractivity contribution is 5.97. The largest absolute Gasteiger partial charge is 0.482 e. The first-order chi connectivity index (χ1) is 11.6. The lowest BCUT2D eigenvalue weighted by Crippen LogP contribution is -2.45. The van der Waals surface area contributed by atoms with E-state index < -0.39 is 17.8 Å². The Bertz CT molecular complexity index is 660. The molecule has 1 fully saturated rings. The van der Waals surface area contributed by atoms with Crippen molar-refractivity contribution in [3.63, 3.8) is 0 Å². The predicted octanol–water partition coefficient (Wildman–Crippen LogP) is 1.03. The van der Waals surface area contributed by atoms with Gasteiger partial charge in [-0.3, -0.25) is 14.4 Å². The number of carbonyl (C=O) groups excluding carboxylic acids is 2. The maximum absolute atomic E-state index is 12.0. The molecule has 0 saturated heterocycles. The number of ether oxygens (including phenoxy) is 1. The quantitative estimate of drug-likeness (QED) is 0.759. The van der Waals surface area contributed by atoms with Gasteiger partial charge in [0.05, 0.1) is 17.5 Å². The summed E-state index contributed by atoms with van der Waals surface area (Å²) >= 11 is 0. The maximum atomic E-state index is 12.0. The Labute approximate surface area is 139 Å². The van der Waals surface area contributed by atoms with Gasteiger partial charge in [-0.2, -0.15) is 0 Å². The molecule has 1 aromatic carbocycles. The second-order valence-corrected chi connectivity index (χ2v) is 6.07. The number of aliphatic carboxylic acids is 1. The van der Waals surface area contributed by atoms with E-state index in [0.29, 0.717) is 38.1 Å². The van der Waals surface area contributed by atoms with Gasteiger partial charge in [0.15, 0.2) is 6.61 Å². The van der Waals surface area contributed by atoms with Gasteiger partial charge in [-0.25, -0.2) is 0 Å². The second-order valence-electron chi connectivity index (χ2n) is 6.07. The van der Waals surface area contributed by atoms with E-state index in [1.165, 1.54) is 0 Å². The molecule has 1 aromatic rings. The van der Waals surface area contributed by atoms with Crippen LogP contribution in [0.3, 0.4) is 0 Å². The maximum Gasteiger partial charge on any atom is 0.307 e. The molecule has 2 N–H and O–H groups in total. The van der Waals surface area contributed by atoms with Crippen molar-refractivity contribution in [3.8, 4) is 5.75 Å². The van der Waals surface area contributed by atoms with Gasteiger partial charge in [-0.05, 0) is 31.4 Å². The highest BCUT2D eigenvalue weighted by atomic mass is 16.5. The molecule has 7 nitrogen and oxygen atoms in total. The third kappa shape index (κ3) is 3.20. The molecule has 3 rings (SSSR count). The summed E-state index contributed by atoms with van der Waals surface area (Å²) in [5.41, 5.74) is 0.741. The van der Waals surface area contributed by atoms with Crippen LogP contribution in [-0.4, -0.2) is 42.6 Å². The minimum atomic E-state index is -0.906. The molecule has 1 heterocycles. The van der Waals surface area contributed by atoms with Crippen LogP contribution in [0.5, 0.6) is 5.75 Å². The molecule has 2 unspecified atom stereocenters. The van der Waals surface area contributed by atoms with Gasteiger partial charge in [-0.15, -0.1) is 0 Å². The molecule has 2 amide bonds. The molecule has 1 saturated carbocycles. The van der Waals surface area contributed by atoms with Gasteiger partial charge in [0.1, 0.15) is 5.75 Å². The number of carboxylic acids is 1. The van der Waals surface area contributed by atoms with Gasteiger partial charge in [0.2, 0.25) is 5.91 Å². The number of fused-ring (bicyclic) bond motifs is 1. The van der Waals surface area contributed by atoms with E-state index in [0.717, 1.165) is 5.69 Å². The Morgan fingerprint density at radius 3 is 2.71 bits per heavy atom. The van der Waals surface area contributed by atoms with Crippen molar-refractivity contribution in [3.05, 3.63) is 24.3 Å². The number of hydrogen-bond donors (Lipinski definition) is 2. The number of amides is 2. The van der Waals surface area contributed by atoms with Crippen LogP contribution in [0.2, 0.25) is 0 Å². The Morgan fingerprint density at radius 2 is 2.00 bits per heavy atom. The van der Waals surface area contributed by atoms with E-state index in [9.17, 15) is 14.4 Å². The van der Waals surface area contributed by atoms with Crippen LogP contribution >= 0.6 is 0 Å². The third-order valence-corrected chi connectivity index (χ3v) is 4.59. The molecule has 0 bridgehead atoms. The summed E-state index contributed by atoms with van der Waals surface area (Å²) in [4.78, 5) is 36.6. The topological polar surface area (TPSA) is 95.9 Å². The highest BCUT2D eigenvalue weighted by Crippen LogP contribution is 2.34. The number of rotatable bonds is 6. The molecule has 128 valence electrons. The standard InChI is InChI=1S/C17H20N2O5/c20-15-10-24-14-5-2-1-4-13(14)19(15)9-3-8-18-16(21)11-6-7-12(11)17(22)23/h1-2,4-5,11-12H,3,6-10H2,(H,18,21)(H,22,23). The fourth-order valence-electron chi connectivity index (χ4n) is 3.09. The first kappa shape index (κ1) is 16.3. The van der Waals surface area contributed by atoms with E-state index in [4.69, 9.17) is 9.84 Å². The van der Waals surface area contributed by atoms with Crippen LogP contribution in [-0.2, 0) is 14.4 Å². The number of benzene rings is 1. The first-order valence-electron chi connectivity index (χ1n) is 8.10. The van der Waals surface area contributed by atoms with Crippen molar-refractivity contribution in [2.75, 3.05) is 24.6 Å². The fraction of sp³-hybridized carbons (Fsp3) is 0.471. The molecular weight excluding hydrogens is 312 g/mol. The Balaban J connectivity index is 1.48. The number of carboxylic acid groups (broad SMARTS) is 1. The van der Waals surface area contributed by atoms with E-state index in [1.54, 1.807) is 4.90 Å². The smallest absolute Gasteiger partial charge is 0.307 e. The summed E-state index contributed by atoms with van der Waals surface area (Å²) in [6.45, 7) is 0.909. The number of para-hydroxylation sites is 2. The second kappa shape index (κ2) is 6.90. The number of hydrogen-bond acceptors (Lipinski definition) is 4. The van der Waals surface area contributed by atoms with Crippen LogP contribution in [0.25, 0.3) is 0 Å². The van der Waals surface area contributed by atoms with E-state index in [-0.39, 0.29) is 18.4 Å². The SMILES string of the molecule is O=C(O)C1CCC1C(=O)NCCCN1C(=O)COc2ccccc21. The van der Waals surface area contributed by atoms with Crippen molar-refractivity contribution in [2.45, 2.75) is 19.3 Å². The van der Waals surface area contributed by atoms with Crippen LogP contribution in [0.4, 0.5) is 5.69 Å². The summed E-state index contributed by atoms with van der Waals surface area (Å²) in [6, 6.07) is 7.35. The molecule has 24 heavy (non-hydrogen) atoms. The van der Waals surface area contributed by atoms with Crippen molar-refractivity contribution in [2.24, 2.45) is 11.8 Å². The van der Waals surface area contributed by atoms with Gasteiger partial charge in [-0.1, -0.05) is 12.1 Å².